The molecule has 1 fully saturated rings. The van der Waals surface area contributed by atoms with E-state index in [-0.39, 0.29) is 42.4 Å². The zero-order valence-corrected chi connectivity index (χ0v) is 22.4. The quantitative estimate of drug-likeness (QED) is 0.254. The van der Waals surface area contributed by atoms with Gasteiger partial charge in [0.2, 0.25) is 10.0 Å². The lowest BCUT2D eigenvalue weighted by Gasteiger charge is -2.36. The summed E-state index contributed by atoms with van der Waals surface area (Å²) in [6.07, 6.45) is 1.16. The van der Waals surface area contributed by atoms with E-state index in [0.717, 1.165) is 18.9 Å². The summed E-state index contributed by atoms with van der Waals surface area (Å²) in [6, 6.07) is 0.430. The van der Waals surface area contributed by atoms with Crippen molar-refractivity contribution in [3.8, 4) is 0 Å². The lowest BCUT2D eigenvalue weighted by atomic mass is 10.0. The molecule has 0 saturated carbocycles. The Labute approximate surface area is 195 Å². The standard InChI is InChI=1S/C19H41N5O3S.HI/c1-16(2)14-18(22(6)7)15-21-19(20-5)23-8-10-24(11-9-23)28(25,26)13-12-27-17(3)4;/h16-18H,8-15H2,1-7H3,(H,20,21);1H. The molecule has 10 heteroatoms. The van der Waals surface area contributed by atoms with Crippen LogP contribution in [-0.2, 0) is 14.8 Å². The van der Waals surface area contributed by atoms with Crippen molar-refractivity contribution < 1.29 is 13.2 Å². The van der Waals surface area contributed by atoms with Gasteiger partial charge < -0.3 is 19.9 Å². The van der Waals surface area contributed by atoms with Crippen LogP contribution in [0.15, 0.2) is 4.99 Å². The average molecular weight is 548 g/mol. The second-order valence-electron chi connectivity index (χ2n) is 8.30. The first kappa shape index (κ1) is 28.8. The summed E-state index contributed by atoms with van der Waals surface area (Å²) < 4.78 is 31.9. The molecular formula is C19H42IN5O3S. The molecular weight excluding hydrogens is 505 g/mol. The normalized spacial score (nSPS) is 17.7. The largest absolute Gasteiger partial charge is 0.378 e. The highest BCUT2D eigenvalue weighted by molar-refractivity contribution is 14.0. The van der Waals surface area contributed by atoms with E-state index < -0.39 is 10.0 Å². The van der Waals surface area contributed by atoms with Crippen LogP contribution in [0.4, 0.5) is 0 Å². The molecule has 1 aliphatic heterocycles. The minimum absolute atomic E-state index is 0. The maximum absolute atomic E-state index is 12.5. The number of likely N-dealkylation sites (N-methyl/N-ethyl adjacent to an activating group) is 1. The minimum atomic E-state index is -3.27. The molecule has 1 unspecified atom stereocenters. The second kappa shape index (κ2) is 14.0. The van der Waals surface area contributed by atoms with Crippen LogP contribution in [0, 0.1) is 5.92 Å². The Kier molecular flexibility index (Phi) is 13.9. The van der Waals surface area contributed by atoms with Crippen LogP contribution in [0.5, 0.6) is 0 Å². The molecule has 0 spiro atoms. The third-order valence-electron chi connectivity index (χ3n) is 4.91. The molecule has 1 N–H and O–H groups in total. The number of hydrogen-bond donors (Lipinski definition) is 1. The van der Waals surface area contributed by atoms with E-state index in [1.807, 2.05) is 13.8 Å². The van der Waals surface area contributed by atoms with Crippen LogP contribution >= 0.6 is 24.0 Å². The van der Waals surface area contributed by atoms with Crippen molar-refractivity contribution in [3.05, 3.63) is 0 Å². The van der Waals surface area contributed by atoms with E-state index >= 15 is 0 Å². The number of sulfonamides is 1. The molecule has 1 atom stereocenters. The van der Waals surface area contributed by atoms with Crippen LogP contribution in [0.1, 0.15) is 34.1 Å². The van der Waals surface area contributed by atoms with Crippen molar-refractivity contribution in [1.82, 2.24) is 19.4 Å². The smallest absolute Gasteiger partial charge is 0.216 e. The van der Waals surface area contributed by atoms with Crippen LogP contribution in [0.25, 0.3) is 0 Å². The van der Waals surface area contributed by atoms with Gasteiger partial charge in [-0.15, -0.1) is 24.0 Å². The fourth-order valence-corrected chi connectivity index (χ4v) is 4.54. The molecule has 1 aliphatic rings. The third kappa shape index (κ3) is 10.6. The molecule has 174 valence electrons. The van der Waals surface area contributed by atoms with Crippen molar-refractivity contribution in [2.75, 3.05) is 66.2 Å². The Morgan fingerprint density at radius 3 is 2.17 bits per heavy atom. The van der Waals surface area contributed by atoms with E-state index in [9.17, 15) is 8.42 Å². The summed E-state index contributed by atoms with van der Waals surface area (Å²) in [4.78, 5) is 8.78. The van der Waals surface area contributed by atoms with Gasteiger partial charge >= 0.3 is 0 Å². The van der Waals surface area contributed by atoms with Crippen LogP contribution in [-0.4, -0.2) is 107 Å². The SMILES string of the molecule is CN=C(NCC(CC(C)C)N(C)C)N1CCN(S(=O)(=O)CCOC(C)C)CC1.I. The predicted molar refractivity (Wildman–Crippen MR) is 132 cm³/mol. The molecule has 1 saturated heterocycles. The number of hydrogen-bond acceptors (Lipinski definition) is 5. The summed E-state index contributed by atoms with van der Waals surface area (Å²) in [5, 5.41) is 3.47. The second-order valence-corrected chi connectivity index (χ2v) is 10.4. The lowest BCUT2D eigenvalue weighted by molar-refractivity contribution is 0.0904. The Balaban J connectivity index is 0.00000784. The first-order valence-electron chi connectivity index (χ1n) is 10.3. The van der Waals surface area contributed by atoms with Gasteiger partial charge in [0.25, 0.3) is 0 Å². The van der Waals surface area contributed by atoms with E-state index in [4.69, 9.17) is 4.74 Å². The molecule has 1 rings (SSSR count). The monoisotopic (exact) mass is 547 g/mol. The average Bonchev–Trinajstić information content (AvgIpc) is 2.60. The Morgan fingerprint density at radius 1 is 1.14 bits per heavy atom. The van der Waals surface area contributed by atoms with Crippen molar-refractivity contribution in [3.63, 3.8) is 0 Å². The molecule has 8 nitrogen and oxygen atoms in total. The number of halogens is 1. The maximum atomic E-state index is 12.5. The van der Waals surface area contributed by atoms with Gasteiger partial charge in [-0.05, 0) is 40.3 Å². The van der Waals surface area contributed by atoms with Gasteiger partial charge in [-0.25, -0.2) is 8.42 Å². The van der Waals surface area contributed by atoms with Gasteiger partial charge in [0.05, 0.1) is 18.5 Å². The fraction of sp³-hybridized carbons (Fsp3) is 0.947. The molecule has 0 aromatic rings. The van der Waals surface area contributed by atoms with Crippen molar-refractivity contribution in [2.24, 2.45) is 10.9 Å². The third-order valence-corrected chi connectivity index (χ3v) is 6.74. The highest BCUT2D eigenvalue weighted by atomic mass is 127. The summed E-state index contributed by atoms with van der Waals surface area (Å²) in [5.41, 5.74) is 0. The molecule has 0 aromatic carbocycles. The summed E-state index contributed by atoms with van der Waals surface area (Å²) in [6.45, 7) is 11.6. The van der Waals surface area contributed by atoms with Crippen LogP contribution < -0.4 is 5.32 Å². The Hall–Kier alpha value is -0.170. The Morgan fingerprint density at radius 2 is 1.72 bits per heavy atom. The molecule has 0 aromatic heterocycles. The summed E-state index contributed by atoms with van der Waals surface area (Å²) in [7, 11) is 2.71. The molecule has 0 bridgehead atoms. The number of aliphatic imine (C=N–C) groups is 1. The fourth-order valence-electron chi connectivity index (χ4n) is 3.26. The number of rotatable bonds is 10. The number of ether oxygens (including phenoxy) is 1. The highest BCUT2D eigenvalue weighted by Gasteiger charge is 2.28. The van der Waals surface area contributed by atoms with E-state index in [1.54, 1.807) is 11.4 Å². The number of guanidine groups is 1. The van der Waals surface area contributed by atoms with Gasteiger partial charge in [0.15, 0.2) is 5.96 Å². The van der Waals surface area contributed by atoms with Crippen LogP contribution in [0.2, 0.25) is 0 Å². The van der Waals surface area contributed by atoms with Crippen molar-refractivity contribution >= 4 is 40.0 Å². The van der Waals surface area contributed by atoms with Gasteiger partial charge in [-0.2, -0.15) is 4.31 Å². The molecule has 0 radical (unpaired) electrons. The van der Waals surface area contributed by atoms with Gasteiger partial charge in [-0.3, -0.25) is 4.99 Å². The van der Waals surface area contributed by atoms with Gasteiger partial charge in [-0.1, -0.05) is 13.8 Å². The molecule has 1 heterocycles. The zero-order chi connectivity index (χ0) is 21.3. The van der Waals surface area contributed by atoms with E-state index in [1.165, 1.54) is 0 Å². The minimum Gasteiger partial charge on any atom is -0.378 e. The van der Waals surface area contributed by atoms with Gasteiger partial charge in [0.1, 0.15) is 0 Å². The highest BCUT2D eigenvalue weighted by Crippen LogP contribution is 2.11. The number of piperazine rings is 1. The number of nitrogens with zero attached hydrogens (tertiary/aromatic N) is 4. The lowest BCUT2D eigenvalue weighted by Crippen LogP contribution is -2.55. The van der Waals surface area contributed by atoms with Crippen LogP contribution in [0.3, 0.4) is 0 Å². The zero-order valence-electron chi connectivity index (χ0n) is 19.2. The van der Waals surface area contributed by atoms with Gasteiger partial charge in [0, 0.05) is 45.8 Å². The molecule has 29 heavy (non-hydrogen) atoms. The maximum Gasteiger partial charge on any atom is 0.216 e. The first-order chi connectivity index (χ1) is 13.1. The summed E-state index contributed by atoms with van der Waals surface area (Å²) in [5.74, 6) is 1.51. The number of nitrogens with one attached hydrogen (secondary N) is 1. The van der Waals surface area contributed by atoms with Crippen molar-refractivity contribution in [1.29, 1.82) is 0 Å². The van der Waals surface area contributed by atoms with E-state index in [2.05, 4.69) is 48.1 Å². The predicted octanol–water partition coefficient (Wildman–Crippen LogP) is 1.53. The summed E-state index contributed by atoms with van der Waals surface area (Å²) >= 11 is 0. The Bertz CT molecular complexity index is 576. The van der Waals surface area contributed by atoms with Crippen molar-refractivity contribution in [2.45, 2.75) is 46.3 Å². The molecule has 0 amide bonds. The van der Waals surface area contributed by atoms with E-state index in [0.29, 0.717) is 38.1 Å². The topological polar surface area (TPSA) is 77.5 Å². The first-order valence-corrected chi connectivity index (χ1v) is 11.9. The molecule has 0 aliphatic carbocycles.